The highest BCUT2D eigenvalue weighted by Gasteiger charge is 2.07. The van der Waals surface area contributed by atoms with Crippen molar-refractivity contribution in [2.24, 2.45) is 0 Å². The third-order valence-electron chi connectivity index (χ3n) is 3.54. The van der Waals surface area contributed by atoms with E-state index in [0.717, 1.165) is 11.1 Å². The highest BCUT2D eigenvalue weighted by Crippen LogP contribution is 2.17. The molecule has 1 aromatic carbocycles. The summed E-state index contributed by atoms with van der Waals surface area (Å²) in [5, 5.41) is 10.9. The lowest BCUT2D eigenvalue weighted by molar-refractivity contribution is 0.0946. The molecule has 0 unspecified atom stereocenters. The largest absolute Gasteiger partial charge is 0.475 e. The Morgan fingerprint density at radius 2 is 1.92 bits per heavy atom. The topological polar surface area (TPSA) is 77.2 Å². The summed E-state index contributed by atoms with van der Waals surface area (Å²) in [6.07, 6.45) is 1.58. The average Bonchev–Trinajstić information content (AvgIpc) is 3.13. The normalized spacial score (nSPS) is 10.5. The first kappa shape index (κ1) is 16.7. The Morgan fingerprint density at radius 3 is 2.56 bits per heavy atom. The second kappa shape index (κ2) is 7.61. The van der Waals surface area contributed by atoms with E-state index in [4.69, 9.17) is 9.15 Å². The third-order valence-corrected chi connectivity index (χ3v) is 3.54. The Balaban J connectivity index is 1.47. The number of aryl methyl sites for hydroxylation is 2. The van der Waals surface area contributed by atoms with Gasteiger partial charge in [0.05, 0.1) is 12.8 Å². The van der Waals surface area contributed by atoms with Gasteiger partial charge in [0.2, 0.25) is 5.88 Å². The Hall–Kier alpha value is -3.15. The maximum Gasteiger partial charge on any atom is 0.251 e. The molecule has 0 bridgehead atoms. The zero-order valence-electron chi connectivity index (χ0n) is 14.2. The van der Waals surface area contributed by atoms with E-state index < -0.39 is 0 Å². The summed E-state index contributed by atoms with van der Waals surface area (Å²) in [6.45, 7) is 4.63. The first-order chi connectivity index (χ1) is 12.1. The smallest absolute Gasteiger partial charge is 0.251 e. The Bertz CT molecular complexity index is 823. The van der Waals surface area contributed by atoms with Crippen LogP contribution in [0.4, 0.5) is 0 Å². The van der Waals surface area contributed by atoms with Crippen molar-refractivity contribution in [2.45, 2.75) is 13.8 Å². The summed E-state index contributed by atoms with van der Waals surface area (Å²) in [7, 11) is 0. The SMILES string of the molecule is Cc1cc(C)cc(C(=O)NCCOc2ccc(-c3ccco3)nn2)c1. The minimum Gasteiger partial charge on any atom is -0.475 e. The van der Waals surface area contributed by atoms with Crippen LogP contribution in [0.25, 0.3) is 11.5 Å². The molecule has 0 atom stereocenters. The molecule has 0 spiro atoms. The lowest BCUT2D eigenvalue weighted by Gasteiger charge is -2.08. The summed E-state index contributed by atoms with van der Waals surface area (Å²) >= 11 is 0. The van der Waals surface area contributed by atoms with Gasteiger partial charge in [-0.15, -0.1) is 10.2 Å². The minimum absolute atomic E-state index is 0.116. The molecule has 1 N–H and O–H groups in total. The predicted molar refractivity (Wildman–Crippen MR) is 93.5 cm³/mol. The zero-order chi connectivity index (χ0) is 17.6. The van der Waals surface area contributed by atoms with E-state index in [1.165, 1.54) is 0 Å². The number of nitrogens with zero attached hydrogens (tertiary/aromatic N) is 2. The fourth-order valence-electron chi connectivity index (χ4n) is 2.48. The number of hydrogen-bond donors (Lipinski definition) is 1. The lowest BCUT2D eigenvalue weighted by atomic mass is 10.1. The molecule has 0 saturated carbocycles. The first-order valence-corrected chi connectivity index (χ1v) is 7.99. The second-order valence-electron chi connectivity index (χ2n) is 5.71. The van der Waals surface area contributed by atoms with Crippen LogP contribution in [0.2, 0.25) is 0 Å². The Morgan fingerprint density at radius 1 is 1.12 bits per heavy atom. The van der Waals surface area contributed by atoms with Crippen LogP contribution in [0.3, 0.4) is 0 Å². The second-order valence-corrected chi connectivity index (χ2v) is 5.71. The van der Waals surface area contributed by atoms with Gasteiger partial charge in [-0.2, -0.15) is 0 Å². The van der Waals surface area contributed by atoms with Gasteiger partial charge in [-0.1, -0.05) is 17.2 Å². The standard InChI is InChI=1S/C19H19N3O3/c1-13-10-14(2)12-15(11-13)19(23)20-7-9-25-18-6-5-16(21-22-18)17-4-3-8-24-17/h3-6,8,10-12H,7,9H2,1-2H3,(H,20,23). The number of aromatic nitrogens is 2. The fourth-order valence-corrected chi connectivity index (χ4v) is 2.48. The molecular weight excluding hydrogens is 318 g/mol. The number of ether oxygens (including phenoxy) is 1. The summed E-state index contributed by atoms with van der Waals surface area (Å²) in [4.78, 5) is 12.1. The molecule has 2 aromatic heterocycles. The van der Waals surface area contributed by atoms with Gasteiger partial charge in [-0.3, -0.25) is 4.79 Å². The van der Waals surface area contributed by atoms with Gasteiger partial charge < -0.3 is 14.5 Å². The van der Waals surface area contributed by atoms with Crippen LogP contribution in [-0.4, -0.2) is 29.3 Å². The number of rotatable bonds is 6. The van der Waals surface area contributed by atoms with Crippen molar-refractivity contribution in [3.63, 3.8) is 0 Å². The number of benzene rings is 1. The summed E-state index contributed by atoms with van der Waals surface area (Å²) < 4.78 is 10.7. The van der Waals surface area contributed by atoms with Crippen molar-refractivity contribution in [1.82, 2.24) is 15.5 Å². The Labute approximate surface area is 145 Å². The molecule has 0 aliphatic rings. The van der Waals surface area contributed by atoms with Crippen LogP contribution in [-0.2, 0) is 0 Å². The van der Waals surface area contributed by atoms with Crippen LogP contribution in [0.15, 0.2) is 53.1 Å². The number of furan rings is 1. The van der Waals surface area contributed by atoms with Gasteiger partial charge in [0.15, 0.2) is 5.76 Å². The third kappa shape index (κ3) is 4.44. The molecule has 0 aliphatic carbocycles. The molecule has 1 amide bonds. The van der Waals surface area contributed by atoms with Crippen molar-refractivity contribution in [2.75, 3.05) is 13.2 Å². The molecule has 25 heavy (non-hydrogen) atoms. The highest BCUT2D eigenvalue weighted by atomic mass is 16.5. The van der Waals surface area contributed by atoms with Crippen LogP contribution in [0, 0.1) is 13.8 Å². The van der Waals surface area contributed by atoms with Crippen molar-refractivity contribution < 1.29 is 13.9 Å². The molecule has 0 saturated heterocycles. The van der Waals surface area contributed by atoms with E-state index in [1.54, 1.807) is 24.5 Å². The van der Waals surface area contributed by atoms with Crippen LogP contribution >= 0.6 is 0 Å². The molecule has 3 aromatic rings. The summed E-state index contributed by atoms with van der Waals surface area (Å²) in [5.41, 5.74) is 3.42. The molecule has 6 nitrogen and oxygen atoms in total. The maximum absolute atomic E-state index is 12.1. The molecule has 128 valence electrons. The number of hydrogen-bond acceptors (Lipinski definition) is 5. The number of nitrogens with one attached hydrogen (secondary N) is 1. The highest BCUT2D eigenvalue weighted by molar-refractivity contribution is 5.94. The molecule has 6 heteroatoms. The number of carbonyl (C=O) groups is 1. The molecule has 3 rings (SSSR count). The summed E-state index contributed by atoms with van der Waals surface area (Å²) in [6, 6.07) is 12.9. The van der Waals surface area contributed by atoms with Gasteiger partial charge in [-0.05, 0) is 44.2 Å². The van der Waals surface area contributed by atoms with Crippen LogP contribution in [0.5, 0.6) is 5.88 Å². The predicted octanol–water partition coefficient (Wildman–Crippen LogP) is 3.16. The van der Waals surface area contributed by atoms with E-state index in [-0.39, 0.29) is 5.91 Å². The Kier molecular flexibility index (Phi) is 5.09. The molecule has 0 fully saturated rings. The maximum atomic E-state index is 12.1. The van der Waals surface area contributed by atoms with Gasteiger partial charge in [0.1, 0.15) is 12.3 Å². The van der Waals surface area contributed by atoms with Crippen molar-refractivity contribution in [1.29, 1.82) is 0 Å². The van der Waals surface area contributed by atoms with Crippen LogP contribution in [0.1, 0.15) is 21.5 Å². The van der Waals surface area contributed by atoms with Crippen molar-refractivity contribution >= 4 is 5.91 Å². The van der Waals surface area contributed by atoms with E-state index in [1.807, 2.05) is 38.1 Å². The minimum atomic E-state index is -0.116. The number of amides is 1. The van der Waals surface area contributed by atoms with E-state index in [2.05, 4.69) is 15.5 Å². The van der Waals surface area contributed by atoms with E-state index >= 15 is 0 Å². The van der Waals surface area contributed by atoms with Crippen molar-refractivity contribution in [3.05, 3.63) is 65.4 Å². The van der Waals surface area contributed by atoms with Gasteiger partial charge in [0.25, 0.3) is 5.91 Å². The summed E-state index contributed by atoms with van der Waals surface area (Å²) in [5.74, 6) is 0.936. The number of carbonyl (C=O) groups excluding carboxylic acids is 1. The van der Waals surface area contributed by atoms with E-state index in [9.17, 15) is 4.79 Å². The van der Waals surface area contributed by atoms with Gasteiger partial charge in [-0.25, -0.2) is 0 Å². The quantitative estimate of drug-likeness (QED) is 0.699. The molecule has 0 radical (unpaired) electrons. The van der Waals surface area contributed by atoms with Gasteiger partial charge >= 0.3 is 0 Å². The molecule has 2 heterocycles. The van der Waals surface area contributed by atoms with E-state index in [0.29, 0.717) is 36.0 Å². The zero-order valence-corrected chi connectivity index (χ0v) is 14.2. The monoisotopic (exact) mass is 337 g/mol. The first-order valence-electron chi connectivity index (χ1n) is 7.99. The van der Waals surface area contributed by atoms with Crippen LogP contribution < -0.4 is 10.1 Å². The lowest BCUT2D eigenvalue weighted by Crippen LogP contribution is -2.28. The fraction of sp³-hybridized carbons (Fsp3) is 0.211. The molecular formula is C19H19N3O3. The molecule has 0 aliphatic heterocycles. The average molecular weight is 337 g/mol. The van der Waals surface area contributed by atoms with Crippen molar-refractivity contribution in [3.8, 4) is 17.3 Å². The van der Waals surface area contributed by atoms with Gasteiger partial charge in [0, 0.05) is 11.6 Å².